The number of hydrogen-bond donors (Lipinski definition) is 0. The van der Waals surface area contributed by atoms with Crippen molar-refractivity contribution in [3.63, 3.8) is 0 Å². The average Bonchev–Trinajstić information content (AvgIpc) is 3.23. The summed E-state index contributed by atoms with van der Waals surface area (Å²) in [6, 6.07) is 35.6. The van der Waals surface area contributed by atoms with Crippen molar-refractivity contribution in [3.8, 4) is 56.2 Å². The summed E-state index contributed by atoms with van der Waals surface area (Å²) in [5, 5.41) is 0. The number of pyridine rings is 1. The van der Waals surface area contributed by atoms with Gasteiger partial charge in [-0.3, -0.25) is 4.98 Å². The number of hydrogen-bond acceptors (Lipinski definition) is 3. The van der Waals surface area contributed by atoms with Gasteiger partial charge in [0.15, 0.2) is 5.82 Å². The van der Waals surface area contributed by atoms with Crippen LogP contribution in [0, 0.1) is 0 Å². The molecule has 0 N–H and O–H groups in total. The third kappa shape index (κ3) is 3.99. The smallest absolute Gasteiger partial charge is 0.264 e. The van der Waals surface area contributed by atoms with Gasteiger partial charge in [-0.1, -0.05) is 91.0 Å². The standard InChI is InChI=1S/C34H21F2N3/c35-34(36)29-18-24(26-12-7-17-37-21-26)13-15-27(29)28-16-14-25(19-30(28)34)33-38-31(22-8-3-1-4-9-22)20-32(39-33)23-10-5-2-6-11-23/h1-21H. The lowest BCUT2D eigenvalue weighted by molar-refractivity contribution is 0.0481. The second-order valence-electron chi connectivity index (χ2n) is 9.53. The topological polar surface area (TPSA) is 38.7 Å². The highest BCUT2D eigenvalue weighted by molar-refractivity contribution is 5.84. The molecule has 1 aliphatic rings. The van der Waals surface area contributed by atoms with Gasteiger partial charge < -0.3 is 0 Å². The van der Waals surface area contributed by atoms with E-state index in [4.69, 9.17) is 9.97 Å². The van der Waals surface area contributed by atoms with Crippen molar-refractivity contribution >= 4 is 0 Å². The van der Waals surface area contributed by atoms with Crippen LogP contribution in [-0.4, -0.2) is 15.0 Å². The number of aromatic nitrogens is 3. The molecule has 7 rings (SSSR count). The summed E-state index contributed by atoms with van der Waals surface area (Å²) in [5.74, 6) is -2.75. The maximum atomic E-state index is 16.0. The van der Waals surface area contributed by atoms with E-state index in [0.717, 1.165) is 28.1 Å². The number of fused-ring (bicyclic) bond motifs is 3. The molecule has 6 aromatic rings. The Balaban J connectivity index is 1.36. The minimum atomic E-state index is -3.15. The molecule has 0 unspecified atom stereocenters. The molecular formula is C34H21F2N3. The minimum Gasteiger partial charge on any atom is -0.264 e. The molecule has 1 aliphatic carbocycles. The van der Waals surface area contributed by atoms with Gasteiger partial charge in [-0.25, -0.2) is 9.97 Å². The molecule has 0 fully saturated rings. The van der Waals surface area contributed by atoms with Crippen molar-refractivity contribution in [1.29, 1.82) is 0 Å². The third-order valence-electron chi connectivity index (χ3n) is 7.12. The molecule has 5 heteroatoms. The van der Waals surface area contributed by atoms with E-state index in [-0.39, 0.29) is 11.1 Å². The molecule has 3 nitrogen and oxygen atoms in total. The summed E-state index contributed by atoms with van der Waals surface area (Å²) < 4.78 is 31.9. The van der Waals surface area contributed by atoms with Crippen LogP contribution in [-0.2, 0) is 5.92 Å². The van der Waals surface area contributed by atoms with Gasteiger partial charge in [0.2, 0.25) is 0 Å². The zero-order valence-electron chi connectivity index (χ0n) is 20.7. The summed E-state index contributed by atoms with van der Waals surface area (Å²) in [5.41, 5.74) is 6.41. The molecule has 0 spiro atoms. The van der Waals surface area contributed by atoms with E-state index in [9.17, 15) is 0 Å². The average molecular weight is 510 g/mol. The quantitative estimate of drug-likeness (QED) is 0.239. The minimum absolute atomic E-state index is 0.0000627. The molecular weight excluding hydrogens is 488 g/mol. The number of halogens is 2. The van der Waals surface area contributed by atoms with Crippen LogP contribution in [0.2, 0.25) is 0 Å². The zero-order chi connectivity index (χ0) is 26.4. The normalized spacial score (nSPS) is 13.1. The van der Waals surface area contributed by atoms with Crippen LogP contribution in [0.5, 0.6) is 0 Å². The van der Waals surface area contributed by atoms with Crippen molar-refractivity contribution in [1.82, 2.24) is 15.0 Å². The van der Waals surface area contributed by atoms with Crippen molar-refractivity contribution in [2.45, 2.75) is 5.92 Å². The second-order valence-corrected chi connectivity index (χ2v) is 9.53. The Hall–Kier alpha value is -5.03. The Labute approximate surface area is 224 Å². The fraction of sp³-hybridized carbons (Fsp3) is 0.0294. The molecule has 0 saturated heterocycles. The third-order valence-corrected chi connectivity index (χ3v) is 7.12. The molecule has 39 heavy (non-hydrogen) atoms. The fourth-order valence-corrected chi connectivity index (χ4v) is 5.16. The predicted octanol–water partition coefficient (Wildman–Crippen LogP) is 8.66. The summed E-state index contributed by atoms with van der Waals surface area (Å²) in [6.45, 7) is 0. The Morgan fingerprint density at radius 1 is 0.487 bits per heavy atom. The summed E-state index contributed by atoms with van der Waals surface area (Å²) in [6.07, 6.45) is 3.35. The lowest BCUT2D eigenvalue weighted by Gasteiger charge is -2.14. The number of benzene rings is 4. The summed E-state index contributed by atoms with van der Waals surface area (Å²) in [4.78, 5) is 13.8. The Kier molecular flexibility index (Phi) is 5.37. The zero-order valence-corrected chi connectivity index (χ0v) is 20.7. The van der Waals surface area contributed by atoms with Crippen LogP contribution < -0.4 is 0 Å². The van der Waals surface area contributed by atoms with Crippen molar-refractivity contribution in [2.75, 3.05) is 0 Å². The maximum absolute atomic E-state index is 16.0. The van der Waals surface area contributed by atoms with Gasteiger partial charge in [-0.2, -0.15) is 8.78 Å². The molecule has 4 aromatic carbocycles. The molecule has 0 bridgehead atoms. The van der Waals surface area contributed by atoms with E-state index in [1.54, 1.807) is 36.7 Å². The molecule has 2 heterocycles. The van der Waals surface area contributed by atoms with Crippen LogP contribution in [0.1, 0.15) is 11.1 Å². The Morgan fingerprint density at radius 3 is 1.59 bits per heavy atom. The van der Waals surface area contributed by atoms with Gasteiger partial charge >= 0.3 is 0 Å². The largest absolute Gasteiger partial charge is 0.299 e. The van der Waals surface area contributed by atoms with Gasteiger partial charge in [0.05, 0.1) is 11.4 Å². The first-order valence-corrected chi connectivity index (χ1v) is 12.7. The van der Waals surface area contributed by atoms with E-state index in [1.807, 2.05) is 84.9 Å². The fourth-order valence-electron chi connectivity index (χ4n) is 5.16. The molecule has 186 valence electrons. The second kappa shape index (κ2) is 9.07. The number of nitrogens with zero attached hydrogens (tertiary/aromatic N) is 3. The summed E-state index contributed by atoms with van der Waals surface area (Å²) in [7, 11) is 0. The van der Waals surface area contributed by atoms with Gasteiger partial charge in [0.25, 0.3) is 5.92 Å². The Morgan fingerprint density at radius 2 is 1.03 bits per heavy atom. The van der Waals surface area contributed by atoms with Crippen LogP contribution in [0.4, 0.5) is 8.78 Å². The maximum Gasteiger partial charge on any atom is 0.299 e. The van der Waals surface area contributed by atoms with Gasteiger partial charge in [-0.05, 0) is 41.0 Å². The van der Waals surface area contributed by atoms with Crippen LogP contribution in [0.3, 0.4) is 0 Å². The van der Waals surface area contributed by atoms with E-state index in [2.05, 4.69) is 4.98 Å². The van der Waals surface area contributed by atoms with Crippen LogP contribution in [0.15, 0.2) is 128 Å². The van der Waals surface area contributed by atoms with Crippen LogP contribution in [0.25, 0.3) is 56.2 Å². The molecule has 0 aliphatic heterocycles. The highest BCUT2D eigenvalue weighted by atomic mass is 19.3. The van der Waals surface area contributed by atoms with E-state index < -0.39 is 5.92 Å². The van der Waals surface area contributed by atoms with Crippen molar-refractivity contribution in [2.24, 2.45) is 0 Å². The predicted molar refractivity (Wildman–Crippen MR) is 150 cm³/mol. The van der Waals surface area contributed by atoms with Gasteiger partial charge in [-0.15, -0.1) is 0 Å². The van der Waals surface area contributed by atoms with Gasteiger partial charge in [0.1, 0.15) is 0 Å². The van der Waals surface area contributed by atoms with Crippen molar-refractivity contribution < 1.29 is 8.78 Å². The highest BCUT2D eigenvalue weighted by Crippen LogP contribution is 2.52. The van der Waals surface area contributed by atoms with E-state index in [0.29, 0.717) is 28.1 Å². The highest BCUT2D eigenvalue weighted by Gasteiger charge is 2.44. The van der Waals surface area contributed by atoms with Crippen molar-refractivity contribution in [3.05, 3.63) is 139 Å². The lowest BCUT2D eigenvalue weighted by Crippen LogP contribution is -2.11. The monoisotopic (exact) mass is 509 g/mol. The first kappa shape index (κ1) is 23.1. The molecule has 2 aromatic heterocycles. The Bertz CT molecular complexity index is 1760. The molecule has 0 radical (unpaired) electrons. The van der Waals surface area contributed by atoms with E-state index in [1.165, 1.54) is 6.07 Å². The lowest BCUT2D eigenvalue weighted by atomic mass is 9.99. The number of alkyl halides is 2. The van der Waals surface area contributed by atoms with Gasteiger partial charge in [0, 0.05) is 45.8 Å². The molecule has 0 saturated carbocycles. The first-order valence-electron chi connectivity index (χ1n) is 12.7. The molecule has 0 amide bonds. The summed E-state index contributed by atoms with van der Waals surface area (Å²) >= 11 is 0. The van der Waals surface area contributed by atoms with E-state index >= 15 is 8.78 Å². The first-order chi connectivity index (χ1) is 19.1. The molecule has 0 atom stereocenters. The SMILES string of the molecule is FC1(F)c2cc(-c3cccnc3)ccc2-c2ccc(-c3nc(-c4ccccc4)cc(-c4ccccc4)n3)cc21. The number of rotatable bonds is 4. The van der Waals surface area contributed by atoms with Crippen LogP contribution >= 0.6 is 0 Å².